The highest BCUT2D eigenvalue weighted by Crippen LogP contribution is 2.24. The van der Waals surface area contributed by atoms with Gasteiger partial charge in [0, 0.05) is 12.1 Å². The molecule has 0 radical (unpaired) electrons. The number of rotatable bonds is 6. The predicted molar refractivity (Wildman–Crippen MR) is 70.8 cm³/mol. The van der Waals surface area contributed by atoms with Gasteiger partial charge in [0.25, 0.3) is 0 Å². The number of aliphatic hydroxyl groups is 1. The Bertz CT molecular complexity index is 584. The molecule has 2 rings (SSSR count). The highest BCUT2D eigenvalue weighted by Gasteiger charge is 2.15. The molecule has 0 bridgehead atoms. The molecular formula is C14H17F2N3O. The van der Waals surface area contributed by atoms with Gasteiger partial charge < -0.3 is 5.11 Å². The maximum absolute atomic E-state index is 13.4. The van der Waals surface area contributed by atoms with Crippen LogP contribution in [0.4, 0.5) is 8.78 Å². The second-order valence-electron chi connectivity index (χ2n) is 4.60. The van der Waals surface area contributed by atoms with Gasteiger partial charge in [-0.1, -0.05) is 25.0 Å². The number of benzene rings is 1. The van der Waals surface area contributed by atoms with Crippen LogP contribution < -0.4 is 0 Å². The molecule has 20 heavy (non-hydrogen) atoms. The van der Waals surface area contributed by atoms with Crippen LogP contribution >= 0.6 is 0 Å². The van der Waals surface area contributed by atoms with E-state index in [0.717, 1.165) is 31.4 Å². The number of hydrogen-bond donors (Lipinski definition) is 1. The van der Waals surface area contributed by atoms with Gasteiger partial charge in [-0.15, -0.1) is 5.10 Å². The molecule has 0 aliphatic heterocycles. The molecule has 1 aromatic carbocycles. The standard InChI is InChI=1S/C14H17F2N3O/c1-2-3-4-7-19-14(13(9-20)17-18-19)10-5-6-11(15)12(16)8-10/h5-6,8,20H,2-4,7,9H2,1H3. The highest BCUT2D eigenvalue weighted by atomic mass is 19.2. The molecule has 0 unspecified atom stereocenters. The lowest BCUT2D eigenvalue weighted by Gasteiger charge is -2.08. The Morgan fingerprint density at radius 3 is 2.65 bits per heavy atom. The smallest absolute Gasteiger partial charge is 0.159 e. The van der Waals surface area contributed by atoms with E-state index in [0.29, 0.717) is 23.5 Å². The van der Waals surface area contributed by atoms with Crippen LogP contribution in [0.5, 0.6) is 0 Å². The van der Waals surface area contributed by atoms with E-state index in [9.17, 15) is 13.9 Å². The van der Waals surface area contributed by atoms with Crippen LogP contribution in [0.2, 0.25) is 0 Å². The second kappa shape index (κ2) is 6.56. The van der Waals surface area contributed by atoms with Crippen LogP contribution in [0.1, 0.15) is 31.9 Å². The summed E-state index contributed by atoms with van der Waals surface area (Å²) in [6.45, 7) is 2.44. The largest absolute Gasteiger partial charge is 0.390 e. The number of aromatic nitrogens is 3. The van der Waals surface area contributed by atoms with E-state index in [2.05, 4.69) is 17.2 Å². The third-order valence-electron chi connectivity index (χ3n) is 3.12. The fourth-order valence-electron chi connectivity index (χ4n) is 2.08. The van der Waals surface area contributed by atoms with E-state index < -0.39 is 11.6 Å². The Morgan fingerprint density at radius 1 is 1.20 bits per heavy atom. The van der Waals surface area contributed by atoms with Crippen LogP contribution in [0.25, 0.3) is 11.3 Å². The minimum atomic E-state index is -0.923. The van der Waals surface area contributed by atoms with Crippen LogP contribution in [-0.4, -0.2) is 20.1 Å². The first-order valence-corrected chi connectivity index (χ1v) is 6.66. The van der Waals surface area contributed by atoms with Crippen molar-refractivity contribution in [3.05, 3.63) is 35.5 Å². The monoisotopic (exact) mass is 281 g/mol. The van der Waals surface area contributed by atoms with Gasteiger partial charge in [-0.3, -0.25) is 0 Å². The van der Waals surface area contributed by atoms with Gasteiger partial charge in [0.2, 0.25) is 0 Å². The van der Waals surface area contributed by atoms with Crippen LogP contribution in [-0.2, 0) is 13.2 Å². The molecule has 0 aliphatic carbocycles. The number of halogens is 2. The zero-order valence-electron chi connectivity index (χ0n) is 11.3. The molecule has 0 spiro atoms. The van der Waals surface area contributed by atoms with E-state index in [1.165, 1.54) is 6.07 Å². The summed E-state index contributed by atoms with van der Waals surface area (Å²) in [6.07, 6.45) is 3.04. The third kappa shape index (κ3) is 3.01. The van der Waals surface area contributed by atoms with Gasteiger partial charge in [-0.25, -0.2) is 13.5 Å². The quantitative estimate of drug-likeness (QED) is 0.828. The SMILES string of the molecule is CCCCCn1nnc(CO)c1-c1ccc(F)c(F)c1. The van der Waals surface area contributed by atoms with Crippen molar-refractivity contribution in [3.63, 3.8) is 0 Å². The molecule has 0 saturated heterocycles. The van der Waals surface area contributed by atoms with E-state index in [1.54, 1.807) is 4.68 Å². The third-order valence-corrected chi connectivity index (χ3v) is 3.12. The summed E-state index contributed by atoms with van der Waals surface area (Å²) in [6, 6.07) is 3.63. The maximum atomic E-state index is 13.4. The van der Waals surface area contributed by atoms with Crippen molar-refractivity contribution in [1.29, 1.82) is 0 Å². The minimum Gasteiger partial charge on any atom is -0.390 e. The van der Waals surface area contributed by atoms with Gasteiger partial charge >= 0.3 is 0 Å². The van der Waals surface area contributed by atoms with E-state index >= 15 is 0 Å². The average Bonchev–Trinajstić information content (AvgIpc) is 2.85. The summed E-state index contributed by atoms with van der Waals surface area (Å²) >= 11 is 0. The Balaban J connectivity index is 2.36. The van der Waals surface area contributed by atoms with Crippen molar-refractivity contribution >= 4 is 0 Å². The molecule has 1 heterocycles. The lowest BCUT2D eigenvalue weighted by molar-refractivity contribution is 0.277. The first kappa shape index (κ1) is 14.6. The molecule has 0 amide bonds. The summed E-state index contributed by atoms with van der Waals surface area (Å²) in [5.41, 5.74) is 1.38. The molecule has 0 saturated carbocycles. The molecule has 4 nitrogen and oxygen atoms in total. The molecule has 1 aromatic heterocycles. The molecule has 0 atom stereocenters. The van der Waals surface area contributed by atoms with Crippen molar-refractivity contribution < 1.29 is 13.9 Å². The number of aryl methyl sites for hydroxylation is 1. The Labute approximate surface area is 116 Å². The lowest BCUT2D eigenvalue weighted by atomic mass is 10.1. The minimum absolute atomic E-state index is 0.290. The number of hydrogen-bond acceptors (Lipinski definition) is 3. The lowest BCUT2D eigenvalue weighted by Crippen LogP contribution is -2.04. The van der Waals surface area contributed by atoms with Crippen molar-refractivity contribution in [2.24, 2.45) is 0 Å². The molecule has 0 aliphatic rings. The second-order valence-corrected chi connectivity index (χ2v) is 4.60. The van der Waals surface area contributed by atoms with Crippen LogP contribution in [0, 0.1) is 11.6 Å². The molecule has 1 N–H and O–H groups in total. The van der Waals surface area contributed by atoms with Gasteiger partial charge in [-0.2, -0.15) is 0 Å². The van der Waals surface area contributed by atoms with Gasteiger partial charge in [-0.05, 0) is 24.6 Å². The average molecular weight is 281 g/mol. The Morgan fingerprint density at radius 2 is 2.00 bits per heavy atom. The van der Waals surface area contributed by atoms with Crippen molar-refractivity contribution in [2.45, 2.75) is 39.3 Å². The topological polar surface area (TPSA) is 50.9 Å². The first-order valence-electron chi connectivity index (χ1n) is 6.66. The van der Waals surface area contributed by atoms with E-state index in [4.69, 9.17) is 0 Å². The van der Waals surface area contributed by atoms with Crippen LogP contribution in [0.15, 0.2) is 18.2 Å². The van der Waals surface area contributed by atoms with Gasteiger partial charge in [0.15, 0.2) is 11.6 Å². The first-order chi connectivity index (χ1) is 9.67. The summed E-state index contributed by atoms with van der Waals surface area (Å²) in [7, 11) is 0. The van der Waals surface area contributed by atoms with Crippen molar-refractivity contribution in [1.82, 2.24) is 15.0 Å². The van der Waals surface area contributed by atoms with Crippen molar-refractivity contribution in [3.8, 4) is 11.3 Å². The van der Waals surface area contributed by atoms with E-state index in [1.807, 2.05) is 0 Å². The number of unbranched alkanes of at least 4 members (excludes halogenated alkanes) is 2. The fourth-order valence-corrected chi connectivity index (χ4v) is 2.08. The number of aliphatic hydroxyl groups excluding tert-OH is 1. The van der Waals surface area contributed by atoms with E-state index in [-0.39, 0.29) is 6.61 Å². The normalized spacial score (nSPS) is 11.0. The Hall–Kier alpha value is -1.82. The Kier molecular flexibility index (Phi) is 4.79. The number of nitrogens with zero attached hydrogens (tertiary/aromatic N) is 3. The van der Waals surface area contributed by atoms with Crippen molar-refractivity contribution in [2.75, 3.05) is 0 Å². The molecular weight excluding hydrogens is 264 g/mol. The van der Waals surface area contributed by atoms with Gasteiger partial charge in [0.05, 0.1) is 12.3 Å². The van der Waals surface area contributed by atoms with Gasteiger partial charge in [0.1, 0.15) is 5.69 Å². The molecule has 2 aromatic rings. The summed E-state index contributed by atoms with van der Waals surface area (Å²) in [5.74, 6) is -1.82. The zero-order chi connectivity index (χ0) is 14.5. The summed E-state index contributed by atoms with van der Waals surface area (Å²) in [5, 5.41) is 17.2. The predicted octanol–water partition coefficient (Wildman–Crippen LogP) is 2.91. The van der Waals surface area contributed by atoms with Crippen LogP contribution in [0.3, 0.4) is 0 Å². The zero-order valence-corrected chi connectivity index (χ0v) is 11.3. The molecule has 0 fully saturated rings. The molecule has 6 heteroatoms. The fraction of sp³-hybridized carbons (Fsp3) is 0.429. The summed E-state index contributed by atoms with van der Waals surface area (Å²) in [4.78, 5) is 0. The highest BCUT2D eigenvalue weighted by molar-refractivity contribution is 5.61. The summed E-state index contributed by atoms with van der Waals surface area (Å²) < 4.78 is 28.0. The maximum Gasteiger partial charge on any atom is 0.159 e. The molecule has 108 valence electrons.